The Bertz CT molecular complexity index is 729. The van der Waals surface area contributed by atoms with Crippen molar-refractivity contribution in [1.29, 1.82) is 0 Å². The van der Waals surface area contributed by atoms with Crippen LogP contribution in [-0.2, 0) is 14.3 Å². The van der Waals surface area contributed by atoms with Crippen LogP contribution in [0.15, 0.2) is 0 Å². The second-order valence-corrected chi connectivity index (χ2v) is 7.53. The van der Waals surface area contributed by atoms with Crippen LogP contribution in [-0.4, -0.2) is 72.1 Å². The quantitative estimate of drug-likeness (QED) is 0.804. The van der Waals surface area contributed by atoms with Gasteiger partial charge in [-0.1, -0.05) is 20.3 Å². The molecule has 0 aliphatic carbocycles. The van der Waals surface area contributed by atoms with Gasteiger partial charge in [-0.25, -0.2) is 4.98 Å². The molecule has 0 radical (unpaired) electrons. The van der Waals surface area contributed by atoms with Crippen molar-refractivity contribution in [2.24, 2.45) is 0 Å². The van der Waals surface area contributed by atoms with Crippen molar-refractivity contribution in [3.8, 4) is 0 Å². The highest BCUT2D eigenvalue weighted by Crippen LogP contribution is 2.30. The molecule has 2 saturated heterocycles. The Labute approximate surface area is 165 Å². The van der Waals surface area contributed by atoms with Gasteiger partial charge in [-0.05, 0) is 19.8 Å². The van der Waals surface area contributed by atoms with E-state index < -0.39 is 0 Å². The van der Waals surface area contributed by atoms with Gasteiger partial charge in [-0.2, -0.15) is 4.98 Å². The van der Waals surface area contributed by atoms with E-state index in [0.717, 1.165) is 18.5 Å². The molecule has 154 valence electrons. The zero-order valence-electron chi connectivity index (χ0n) is 17.1. The molecule has 2 amide bonds. The maximum atomic E-state index is 12.2. The minimum Gasteiger partial charge on any atom is -0.368 e. The molecule has 0 aromatic carbocycles. The third kappa shape index (κ3) is 4.35. The zero-order chi connectivity index (χ0) is 20.3. The second-order valence-electron chi connectivity index (χ2n) is 7.53. The third-order valence-corrected chi connectivity index (χ3v) is 4.81. The minimum absolute atomic E-state index is 0.0651. The lowest BCUT2D eigenvalue weighted by molar-refractivity contribution is -0.145. The molecule has 9 nitrogen and oxygen atoms in total. The molecule has 0 saturated carbocycles. The molecule has 1 aromatic heterocycles. The first-order valence-corrected chi connectivity index (χ1v) is 9.99. The zero-order valence-corrected chi connectivity index (χ0v) is 17.1. The molecular formula is C19H30N6O3. The molecule has 4 rings (SSSR count). The van der Waals surface area contributed by atoms with Crippen LogP contribution in [0.1, 0.15) is 38.8 Å². The van der Waals surface area contributed by atoms with Crippen molar-refractivity contribution in [2.75, 3.05) is 48.8 Å². The fraction of sp³-hybridized carbons (Fsp3) is 0.684. The van der Waals surface area contributed by atoms with Crippen LogP contribution < -0.4 is 15.5 Å². The largest absolute Gasteiger partial charge is 0.368 e. The van der Waals surface area contributed by atoms with Gasteiger partial charge in [0, 0.05) is 26.7 Å². The molecule has 9 heteroatoms. The summed E-state index contributed by atoms with van der Waals surface area (Å²) in [5, 5.41) is 6.10. The van der Waals surface area contributed by atoms with Crippen molar-refractivity contribution < 1.29 is 14.3 Å². The average molecular weight is 390 g/mol. The summed E-state index contributed by atoms with van der Waals surface area (Å²) < 4.78 is 5.45. The van der Waals surface area contributed by atoms with Gasteiger partial charge in [-0.3, -0.25) is 9.59 Å². The van der Waals surface area contributed by atoms with Crippen molar-refractivity contribution in [2.45, 2.75) is 52.2 Å². The topological polar surface area (TPSA) is 99.7 Å². The number of amides is 2. The first-order chi connectivity index (χ1) is 13.4. The number of likely N-dealkylation sites (N-methyl/N-ethyl adjacent to an activating group) is 1. The maximum Gasteiger partial charge on any atom is 0.251 e. The summed E-state index contributed by atoms with van der Waals surface area (Å²) in [5.41, 5.74) is 1.38. The Balaban J connectivity index is 0.000000706. The van der Waals surface area contributed by atoms with E-state index in [1.807, 2.05) is 23.8 Å². The molecule has 1 atom stereocenters. The number of fused-ring (bicyclic) bond motifs is 1. The molecular weight excluding hydrogens is 360 g/mol. The van der Waals surface area contributed by atoms with Crippen molar-refractivity contribution in [3.63, 3.8) is 0 Å². The summed E-state index contributed by atoms with van der Waals surface area (Å²) in [7, 11) is 1.83. The highest BCUT2D eigenvalue weighted by atomic mass is 16.5. The predicted molar refractivity (Wildman–Crippen MR) is 108 cm³/mol. The molecule has 0 bridgehead atoms. The second kappa shape index (κ2) is 8.72. The highest BCUT2D eigenvalue weighted by molar-refractivity contribution is 6.00. The van der Waals surface area contributed by atoms with Crippen molar-refractivity contribution in [1.82, 2.24) is 14.9 Å². The van der Waals surface area contributed by atoms with Gasteiger partial charge in [0.15, 0.2) is 5.82 Å². The number of likely N-dealkylation sites (tertiary alicyclic amines) is 1. The molecule has 4 heterocycles. The number of hydrogen-bond donors (Lipinski definition) is 2. The van der Waals surface area contributed by atoms with E-state index in [0.29, 0.717) is 37.1 Å². The van der Waals surface area contributed by atoms with E-state index >= 15 is 0 Å². The maximum absolute atomic E-state index is 12.2. The van der Waals surface area contributed by atoms with Crippen LogP contribution in [0.4, 0.5) is 17.5 Å². The van der Waals surface area contributed by atoms with E-state index in [1.54, 1.807) is 0 Å². The molecule has 1 aromatic rings. The van der Waals surface area contributed by atoms with Gasteiger partial charge in [0.2, 0.25) is 11.9 Å². The number of rotatable bonds is 3. The van der Waals surface area contributed by atoms with Gasteiger partial charge < -0.3 is 25.2 Å². The van der Waals surface area contributed by atoms with Crippen molar-refractivity contribution >= 4 is 29.3 Å². The average Bonchev–Trinajstić information content (AvgIpc) is 3.14. The number of carbonyl (C=O) groups is 2. The number of anilines is 3. The summed E-state index contributed by atoms with van der Waals surface area (Å²) in [6.07, 6.45) is 2.76. The summed E-state index contributed by atoms with van der Waals surface area (Å²) in [5.74, 6) is 1.25. The van der Waals surface area contributed by atoms with E-state index in [1.165, 1.54) is 6.42 Å². The van der Waals surface area contributed by atoms with Gasteiger partial charge in [0.25, 0.3) is 5.91 Å². The standard InChI is InChI=1S/C16H22N6O3.C3H8/c1-9-13-14(21(2)8-12(23)19-13)20-16(17-9)18-10-6-22(7-10)15(24)11-4-3-5-25-11;1-3-2/h10-11H,3-8H2,1-2H3,(H,19,23)(H,17,18,20);3H2,1-2H3. The van der Waals surface area contributed by atoms with Crippen molar-refractivity contribution in [3.05, 3.63) is 5.69 Å². The monoisotopic (exact) mass is 390 g/mol. The summed E-state index contributed by atoms with van der Waals surface area (Å²) >= 11 is 0. The number of ether oxygens (including phenoxy) is 1. The fourth-order valence-corrected chi connectivity index (χ4v) is 3.42. The number of aromatic nitrogens is 2. The fourth-order valence-electron chi connectivity index (χ4n) is 3.42. The van der Waals surface area contributed by atoms with Crippen LogP contribution in [0, 0.1) is 6.92 Å². The third-order valence-electron chi connectivity index (χ3n) is 4.81. The number of hydrogen-bond acceptors (Lipinski definition) is 7. The van der Waals surface area contributed by atoms with E-state index in [4.69, 9.17) is 4.74 Å². The SMILES string of the molecule is CCC.Cc1nc(NC2CN(C(=O)C3CCCO3)C2)nc2c1NC(=O)CN2C. The lowest BCUT2D eigenvalue weighted by Crippen LogP contribution is -2.59. The van der Waals surface area contributed by atoms with E-state index in [-0.39, 0.29) is 30.5 Å². The van der Waals surface area contributed by atoms with Gasteiger partial charge in [0.05, 0.1) is 18.3 Å². The Morgan fingerprint density at radius 3 is 2.68 bits per heavy atom. The predicted octanol–water partition coefficient (Wildman–Crippen LogP) is 1.39. The summed E-state index contributed by atoms with van der Waals surface area (Å²) in [6.45, 7) is 8.31. The lowest BCUT2D eigenvalue weighted by Gasteiger charge is -2.40. The Kier molecular flexibility index (Phi) is 6.33. The molecule has 2 N–H and O–H groups in total. The smallest absolute Gasteiger partial charge is 0.251 e. The minimum atomic E-state index is -0.263. The number of carbonyl (C=O) groups excluding carboxylic acids is 2. The van der Waals surface area contributed by atoms with Gasteiger partial charge in [-0.15, -0.1) is 0 Å². The van der Waals surface area contributed by atoms with E-state index in [2.05, 4.69) is 34.4 Å². The first-order valence-electron chi connectivity index (χ1n) is 9.99. The number of aryl methyl sites for hydroxylation is 1. The Morgan fingerprint density at radius 2 is 2.04 bits per heavy atom. The Morgan fingerprint density at radius 1 is 1.32 bits per heavy atom. The Hall–Kier alpha value is -2.42. The van der Waals surface area contributed by atoms with Crippen LogP contribution in [0.2, 0.25) is 0 Å². The van der Waals surface area contributed by atoms with Gasteiger partial charge in [0.1, 0.15) is 11.8 Å². The van der Waals surface area contributed by atoms with Crippen LogP contribution >= 0.6 is 0 Å². The number of nitrogens with one attached hydrogen (secondary N) is 2. The van der Waals surface area contributed by atoms with Gasteiger partial charge >= 0.3 is 0 Å². The summed E-state index contributed by atoms with van der Waals surface area (Å²) in [4.78, 5) is 36.5. The molecule has 1 unspecified atom stereocenters. The summed E-state index contributed by atoms with van der Waals surface area (Å²) in [6, 6.07) is 0.131. The molecule has 3 aliphatic rings. The molecule has 28 heavy (non-hydrogen) atoms. The molecule has 0 spiro atoms. The molecule has 3 aliphatic heterocycles. The van der Waals surface area contributed by atoms with Crippen LogP contribution in [0.3, 0.4) is 0 Å². The highest BCUT2D eigenvalue weighted by Gasteiger charge is 2.36. The first kappa shape index (κ1) is 20.3. The molecule has 2 fully saturated rings. The number of nitrogens with zero attached hydrogens (tertiary/aromatic N) is 4. The van der Waals surface area contributed by atoms with Crippen LogP contribution in [0.5, 0.6) is 0 Å². The van der Waals surface area contributed by atoms with Crippen LogP contribution in [0.25, 0.3) is 0 Å². The lowest BCUT2D eigenvalue weighted by atomic mass is 10.1. The van der Waals surface area contributed by atoms with E-state index in [9.17, 15) is 9.59 Å². The normalized spacial score (nSPS) is 21.3.